The first kappa shape index (κ1) is 9.71. The van der Waals surface area contributed by atoms with E-state index in [1.807, 2.05) is 0 Å². The molecule has 0 spiro atoms. The Morgan fingerprint density at radius 3 is 2.69 bits per heavy atom. The number of aromatic carboxylic acids is 1. The van der Waals surface area contributed by atoms with Crippen LogP contribution < -0.4 is 0 Å². The molecule has 1 aromatic rings. The van der Waals surface area contributed by atoms with Crippen LogP contribution in [0.25, 0.3) is 0 Å². The van der Waals surface area contributed by atoms with Crippen molar-refractivity contribution in [2.45, 2.75) is 26.7 Å². The summed E-state index contributed by atoms with van der Waals surface area (Å²) < 4.78 is 0. The fourth-order valence-corrected chi connectivity index (χ4v) is 1.23. The molecule has 1 heterocycles. The summed E-state index contributed by atoms with van der Waals surface area (Å²) in [5.41, 5.74) is 1.85. The summed E-state index contributed by atoms with van der Waals surface area (Å²) in [7, 11) is 0. The number of pyridine rings is 1. The summed E-state index contributed by atoms with van der Waals surface area (Å²) in [6.07, 6.45) is 1.93. The zero-order valence-electron chi connectivity index (χ0n) is 7.87. The molecule has 0 atom stereocenters. The number of carboxylic acids is 1. The number of hydrogen-bond donors (Lipinski definition) is 1. The van der Waals surface area contributed by atoms with Crippen molar-refractivity contribution in [2.24, 2.45) is 0 Å². The summed E-state index contributed by atoms with van der Waals surface area (Å²) in [5.74, 6) is -0.909. The fourth-order valence-electron chi connectivity index (χ4n) is 1.23. The standard InChI is InChI=1S/C10H13NO2/c1-3-4-8-5-6-9(10(12)13)7(2)11-8/h5-6H,3-4H2,1-2H3,(H,12,13). The third-order valence-corrected chi connectivity index (χ3v) is 1.88. The van der Waals surface area contributed by atoms with E-state index in [0.717, 1.165) is 18.5 Å². The van der Waals surface area contributed by atoms with Gasteiger partial charge in [0, 0.05) is 5.69 Å². The molecule has 0 radical (unpaired) electrons. The summed E-state index contributed by atoms with van der Waals surface area (Å²) in [6, 6.07) is 3.40. The van der Waals surface area contributed by atoms with Crippen molar-refractivity contribution in [3.8, 4) is 0 Å². The van der Waals surface area contributed by atoms with E-state index >= 15 is 0 Å². The Labute approximate surface area is 77.4 Å². The number of aromatic nitrogens is 1. The predicted molar refractivity (Wildman–Crippen MR) is 49.9 cm³/mol. The summed E-state index contributed by atoms with van der Waals surface area (Å²) in [6.45, 7) is 3.80. The number of carbonyl (C=O) groups is 1. The molecule has 0 aromatic carbocycles. The topological polar surface area (TPSA) is 50.2 Å². The molecule has 1 aromatic heterocycles. The minimum atomic E-state index is -0.909. The van der Waals surface area contributed by atoms with E-state index < -0.39 is 5.97 Å². The Hall–Kier alpha value is -1.38. The lowest BCUT2D eigenvalue weighted by Crippen LogP contribution is -2.03. The number of rotatable bonds is 3. The molecule has 0 saturated heterocycles. The second-order valence-corrected chi connectivity index (χ2v) is 2.99. The largest absolute Gasteiger partial charge is 0.478 e. The molecule has 3 heteroatoms. The van der Waals surface area contributed by atoms with Crippen molar-refractivity contribution < 1.29 is 9.90 Å². The minimum absolute atomic E-state index is 0.292. The highest BCUT2D eigenvalue weighted by Crippen LogP contribution is 2.08. The van der Waals surface area contributed by atoms with Crippen LogP contribution in [0.5, 0.6) is 0 Å². The monoisotopic (exact) mass is 179 g/mol. The van der Waals surface area contributed by atoms with Crippen molar-refractivity contribution in [1.29, 1.82) is 0 Å². The zero-order chi connectivity index (χ0) is 9.84. The van der Waals surface area contributed by atoms with Crippen LogP contribution in [-0.4, -0.2) is 16.1 Å². The van der Waals surface area contributed by atoms with Crippen LogP contribution >= 0.6 is 0 Å². The maximum Gasteiger partial charge on any atom is 0.337 e. The summed E-state index contributed by atoms with van der Waals surface area (Å²) >= 11 is 0. The Balaban J connectivity index is 2.98. The van der Waals surface area contributed by atoms with Gasteiger partial charge in [-0.25, -0.2) is 4.79 Å². The molecule has 1 rings (SSSR count). The molecule has 0 saturated carbocycles. The Kier molecular flexibility index (Phi) is 3.01. The molecule has 70 valence electrons. The van der Waals surface area contributed by atoms with Crippen molar-refractivity contribution in [3.63, 3.8) is 0 Å². The number of hydrogen-bond acceptors (Lipinski definition) is 2. The van der Waals surface area contributed by atoms with Crippen LogP contribution in [0, 0.1) is 6.92 Å². The van der Waals surface area contributed by atoms with E-state index in [1.165, 1.54) is 0 Å². The highest BCUT2D eigenvalue weighted by Gasteiger charge is 2.07. The molecule has 0 aliphatic carbocycles. The van der Waals surface area contributed by atoms with Gasteiger partial charge in [0.2, 0.25) is 0 Å². The van der Waals surface area contributed by atoms with E-state index in [4.69, 9.17) is 5.11 Å². The molecule has 0 aliphatic rings. The first-order valence-corrected chi connectivity index (χ1v) is 4.35. The first-order chi connectivity index (χ1) is 6.15. The lowest BCUT2D eigenvalue weighted by molar-refractivity contribution is 0.0695. The molecule has 0 amide bonds. The molecule has 1 N–H and O–H groups in total. The maximum absolute atomic E-state index is 10.7. The van der Waals surface area contributed by atoms with Crippen LogP contribution in [0.3, 0.4) is 0 Å². The van der Waals surface area contributed by atoms with E-state index in [1.54, 1.807) is 19.1 Å². The number of carboxylic acid groups (broad SMARTS) is 1. The van der Waals surface area contributed by atoms with E-state index in [9.17, 15) is 4.79 Å². The van der Waals surface area contributed by atoms with Gasteiger partial charge in [-0.05, 0) is 25.5 Å². The van der Waals surface area contributed by atoms with Crippen LogP contribution in [0.4, 0.5) is 0 Å². The van der Waals surface area contributed by atoms with Gasteiger partial charge in [0.15, 0.2) is 0 Å². The number of nitrogens with zero attached hydrogens (tertiary/aromatic N) is 1. The average molecular weight is 179 g/mol. The summed E-state index contributed by atoms with van der Waals surface area (Å²) in [5, 5.41) is 8.75. The van der Waals surface area contributed by atoms with Gasteiger partial charge >= 0.3 is 5.97 Å². The van der Waals surface area contributed by atoms with Crippen molar-refractivity contribution in [1.82, 2.24) is 4.98 Å². The molecular weight excluding hydrogens is 166 g/mol. The molecule has 0 fully saturated rings. The lowest BCUT2D eigenvalue weighted by Gasteiger charge is -2.02. The average Bonchev–Trinajstić information content (AvgIpc) is 2.04. The molecule has 0 bridgehead atoms. The van der Waals surface area contributed by atoms with Crippen LogP contribution in [-0.2, 0) is 6.42 Å². The molecule has 0 aliphatic heterocycles. The van der Waals surface area contributed by atoms with Crippen LogP contribution in [0.2, 0.25) is 0 Å². The SMILES string of the molecule is CCCc1ccc(C(=O)O)c(C)n1. The molecular formula is C10H13NO2. The Morgan fingerprint density at radius 1 is 1.54 bits per heavy atom. The second-order valence-electron chi connectivity index (χ2n) is 2.99. The third-order valence-electron chi connectivity index (χ3n) is 1.88. The highest BCUT2D eigenvalue weighted by molar-refractivity contribution is 5.88. The Bertz CT molecular complexity index is 321. The van der Waals surface area contributed by atoms with Gasteiger partial charge < -0.3 is 5.11 Å². The summed E-state index contributed by atoms with van der Waals surface area (Å²) in [4.78, 5) is 14.9. The minimum Gasteiger partial charge on any atom is -0.478 e. The molecule has 3 nitrogen and oxygen atoms in total. The van der Waals surface area contributed by atoms with Gasteiger partial charge in [-0.15, -0.1) is 0 Å². The number of aryl methyl sites for hydroxylation is 2. The van der Waals surface area contributed by atoms with Gasteiger partial charge in [0.1, 0.15) is 0 Å². The van der Waals surface area contributed by atoms with Crippen molar-refractivity contribution in [2.75, 3.05) is 0 Å². The van der Waals surface area contributed by atoms with Gasteiger partial charge in [-0.1, -0.05) is 13.3 Å². The Morgan fingerprint density at radius 2 is 2.23 bits per heavy atom. The maximum atomic E-state index is 10.7. The smallest absolute Gasteiger partial charge is 0.337 e. The van der Waals surface area contributed by atoms with Gasteiger partial charge in [0.25, 0.3) is 0 Å². The normalized spacial score (nSPS) is 10.0. The first-order valence-electron chi connectivity index (χ1n) is 4.35. The van der Waals surface area contributed by atoms with Gasteiger partial charge in [0.05, 0.1) is 11.3 Å². The van der Waals surface area contributed by atoms with Crippen LogP contribution in [0.15, 0.2) is 12.1 Å². The zero-order valence-corrected chi connectivity index (χ0v) is 7.87. The highest BCUT2D eigenvalue weighted by atomic mass is 16.4. The predicted octanol–water partition coefficient (Wildman–Crippen LogP) is 2.04. The van der Waals surface area contributed by atoms with Crippen molar-refractivity contribution >= 4 is 5.97 Å². The van der Waals surface area contributed by atoms with E-state index in [2.05, 4.69) is 11.9 Å². The quantitative estimate of drug-likeness (QED) is 0.772. The van der Waals surface area contributed by atoms with Gasteiger partial charge in [-0.2, -0.15) is 0 Å². The van der Waals surface area contributed by atoms with Crippen LogP contribution in [0.1, 0.15) is 35.1 Å². The van der Waals surface area contributed by atoms with E-state index in [-0.39, 0.29) is 0 Å². The van der Waals surface area contributed by atoms with Gasteiger partial charge in [-0.3, -0.25) is 4.98 Å². The van der Waals surface area contributed by atoms with Crippen molar-refractivity contribution in [3.05, 3.63) is 29.1 Å². The third kappa shape index (κ3) is 2.28. The fraction of sp³-hybridized carbons (Fsp3) is 0.400. The lowest BCUT2D eigenvalue weighted by atomic mass is 10.1. The van der Waals surface area contributed by atoms with E-state index in [0.29, 0.717) is 11.3 Å². The molecule has 0 unspecified atom stereocenters. The second kappa shape index (κ2) is 4.03. The molecule has 13 heavy (non-hydrogen) atoms.